The van der Waals surface area contributed by atoms with Crippen LogP contribution in [-0.2, 0) is 11.3 Å². The highest BCUT2D eigenvalue weighted by Crippen LogP contribution is 2.37. The molecule has 144 valence electrons. The van der Waals surface area contributed by atoms with Crippen LogP contribution in [0.25, 0.3) is 0 Å². The smallest absolute Gasteiger partial charge is 0.317 e. The summed E-state index contributed by atoms with van der Waals surface area (Å²) >= 11 is 0. The van der Waals surface area contributed by atoms with Gasteiger partial charge in [-0.05, 0) is 45.4 Å². The molecule has 4 heterocycles. The van der Waals surface area contributed by atoms with Gasteiger partial charge in [-0.25, -0.2) is 4.79 Å². The molecular formula is C19H30N4O3. The van der Waals surface area contributed by atoms with Crippen LogP contribution >= 0.6 is 0 Å². The van der Waals surface area contributed by atoms with Crippen LogP contribution in [-0.4, -0.2) is 65.9 Å². The fourth-order valence-corrected chi connectivity index (χ4v) is 4.42. The highest BCUT2D eigenvalue weighted by Gasteiger charge is 2.46. The summed E-state index contributed by atoms with van der Waals surface area (Å²) in [7, 11) is 0. The van der Waals surface area contributed by atoms with Crippen molar-refractivity contribution in [1.29, 1.82) is 0 Å². The fraction of sp³-hybridized carbons (Fsp3) is 0.789. The van der Waals surface area contributed by atoms with Gasteiger partial charge in [-0.2, -0.15) is 0 Å². The molecule has 0 bridgehead atoms. The first-order valence-electron chi connectivity index (χ1n) is 9.85. The van der Waals surface area contributed by atoms with Crippen molar-refractivity contribution in [1.82, 2.24) is 20.3 Å². The van der Waals surface area contributed by atoms with Crippen LogP contribution in [0.5, 0.6) is 0 Å². The molecule has 1 aromatic rings. The topological polar surface area (TPSA) is 70.8 Å². The Labute approximate surface area is 155 Å². The third kappa shape index (κ3) is 3.60. The van der Waals surface area contributed by atoms with Gasteiger partial charge in [0.2, 0.25) is 0 Å². The Kier molecular flexibility index (Phi) is 4.92. The Bertz CT molecular complexity index is 618. The molecule has 7 nitrogen and oxygen atoms in total. The molecule has 26 heavy (non-hydrogen) atoms. The van der Waals surface area contributed by atoms with Crippen molar-refractivity contribution in [2.75, 3.05) is 39.3 Å². The Morgan fingerprint density at radius 1 is 1.31 bits per heavy atom. The van der Waals surface area contributed by atoms with E-state index in [9.17, 15) is 4.79 Å². The van der Waals surface area contributed by atoms with Crippen molar-refractivity contribution in [2.24, 2.45) is 5.92 Å². The van der Waals surface area contributed by atoms with Gasteiger partial charge in [-0.15, -0.1) is 0 Å². The van der Waals surface area contributed by atoms with Crippen molar-refractivity contribution in [2.45, 2.75) is 51.7 Å². The second-order valence-electron chi connectivity index (χ2n) is 8.23. The minimum atomic E-state index is 0.0223. The number of urea groups is 1. The van der Waals surface area contributed by atoms with Crippen LogP contribution in [0.2, 0.25) is 0 Å². The van der Waals surface area contributed by atoms with Gasteiger partial charge < -0.3 is 19.5 Å². The number of nitrogens with zero attached hydrogens (tertiary/aromatic N) is 3. The number of nitrogens with one attached hydrogen (secondary N) is 1. The maximum Gasteiger partial charge on any atom is 0.317 e. The van der Waals surface area contributed by atoms with Crippen molar-refractivity contribution < 1.29 is 14.1 Å². The number of aromatic nitrogens is 1. The quantitative estimate of drug-likeness (QED) is 0.888. The maximum atomic E-state index is 12.1. The van der Waals surface area contributed by atoms with E-state index in [0.717, 1.165) is 83.0 Å². The normalized spacial score (nSPS) is 25.5. The summed E-state index contributed by atoms with van der Waals surface area (Å²) in [5.74, 6) is 1.35. The Morgan fingerprint density at radius 3 is 2.69 bits per heavy atom. The standard InChI is InChI=1S/C19H30N4O3/c1-14-17(15(2)26-21-14)10-22-12-19(13-22)6-5-16(11-25-19)9-20-18(24)23-7-3-4-8-23/h16H,3-13H2,1-2H3,(H,20,24)/t16-/m1/s1. The molecule has 0 aromatic carbocycles. The molecule has 0 saturated carbocycles. The minimum Gasteiger partial charge on any atom is -0.372 e. The van der Waals surface area contributed by atoms with E-state index in [1.165, 1.54) is 5.56 Å². The van der Waals surface area contributed by atoms with Crippen LogP contribution in [0, 0.1) is 19.8 Å². The number of carbonyl (C=O) groups is 1. The molecular weight excluding hydrogens is 332 g/mol. The molecule has 2 amide bonds. The van der Waals surface area contributed by atoms with E-state index in [2.05, 4.69) is 15.4 Å². The molecule has 7 heteroatoms. The van der Waals surface area contributed by atoms with Gasteiger partial charge in [0.15, 0.2) is 0 Å². The lowest BCUT2D eigenvalue weighted by molar-refractivity contribution is -0.181. The van der Waals surface area contributed by atoms with E-state index < -0.39 is 0 Å². The lowest BCUT2D eigenvalue weighted by Gasteiger charge is -2.53. The molecule has 3 aliphatic rings. The van der Waals surface area contributed by atoms with Crippen LogP contribution in [0.4, 0.5) is 4.79 Å². The van der Waals surface area contributed by atoms with Crippen molar-refractivity contribution in [3.8, 4) is 0 Å². The summed E-state index contributed by atoms with van der Waals surface area (Å²) in [6, 6.07) is 0.0945. The number of rotatable bonds is 4. The third-order valence-corrected chi connectivity index (χ3v) is 6.16. The van der Waals surface area contributed by atoms with E-state index in [-0.39, 0.29) is 11.6 Å². The van der Waals surface area contributed by atoms with Gasteiger partial charge in [0, 0.05) is 44.8 Å². The van der Waals surface area contributed by atoms with E-state index in [1.807, 2.05) is 18.7 Å². The maximum absolute atomic E-state index is 12.1. The zero-order valence-corrected chi connectivity index (χ0v) is 15.9. The zero-order chi connectivity index (χ0) is 18.1. The summed E-state index contributed by atoms with van der Waals surface area (Å²) in [6.07, 6.45) is 4.47. The molecule has 0 unspecified atom stereocenters. The van der Waals surface area contributed by atoms with Crippen molar-refractivity contribution in [3.05, 3.63) is 17.0 Å². The van der Waals surface area contributed by atoms with E-state index >= 15 is 0 Å². The number of hydrogen-bond donors (Lipinski definition) is 1. The van der Waals surface area contributed by atoms with Crippen LogP contribution < -0.4 is 5.32 Å². The van der Waals surface area contributed by atoms with E-state index in [1.54, 1.807) is 0 Å². The van der Waals surface area contributed by atoms with Crippen LogP contribution in [0.1, 0.15) is 42.7 Å². The predicted octanol–water partition coefficient (Wildman–Crippen LogP) is 2.08. The van der Waals surface area contributed by atoms with Gasteiger partial charge in [-0.3, -0.25) is 4.90 Å². The zero-order valence-electron chi connectivity index (χ0n) is 15.9. The molecule has 3 aliphatic heterocycles. The average molecular weight is 362 g/mol. The average Bonchev–Trinajstić information content (AvgIpc) is 3.25. The Morgan fingerprint density at radius 2 is 2.08 bits per heavy atom. The molecule has 1 aromatic heterocycles. The third-order valence-electron chi connectivity index (χ3n) is 6.16. The predicted molar refractivity (Wildman–Crippen MR) is 96.9 cm³/mol. The second kappa shape index (κ2) is 7.19. The SMILES string of the molecule is Cc1noc(C)c1CN1CC2(CC[C@H](CNC(=O)N3CCCC3)CO2)C1. The lowest BCUT2D eigenvalue weighted by Crippen LogP contribution is -2.64. The monoisotopic (exact) mass is 362 g/mol. The molecule has 1 atom stereocenters. The van der Waals surface area contributed by atoms with Gasteiger partial charge in [0.05, 0.1) is 17.9 Å². The van der Waals surface area contributed by atoms with Gasteiger partial charge >= 0.3 is 6.03 Å². The highest BCUT2D eigenvalue weighted by atomic mass is 16.5. The molecule has 3 fully saturated rings. The summed E-state index contributed by atoms with van der Waals surface area (Å²) in [5.41, 5.74) is 2.22. The number of amides is 2. The molecule has 0 aliphatic carbocycles. The Hall–Kier alpha value is -1.60. The van der Waals surface area contributed by atoms with E-state index in [4.69, 9.17) is 9.26 Å². The molecule has 1 N–H and O–H groups in total. The second-order valence-corrected chi connectivity index (χ2v) is 8.23. The number of hydrogen-bond acceptors (Lipinski definition) is 5. The molecule has 1 spiro atoms. The fourth-order valence-electron chi connectivity index (χ4n) is 4.42. The summed E-state index contributed by atoms with van der Waals surface area (Å²) in [5, 5.41) is 7.12. The molecule has 0 radical (unpaired) electrons. The first-order valence-corrected chi connectivity index (χ1v) is 9.85. The van der Waals surface area contributed by atoms with Crippen molar-refractivity contribution in [3.63, 3.8) is 0 Å². The highest BCUT2D eigenvalue weighted by molar-refractivity contribution is 5.74. The molecule has 3 saturated heterocycles. The van der Waals surface area contributed by atoms with E-state index in [0.29, 0.717) is 5.92 Å². The van der Waals surface area contributed by atoms with Gasteiger partial charge in [-0.1, -0.05) is 5.16 Å². The lowest BCUT2D eigenvalue weighted by atomic mass is 9.82. The summed E-state index contributed by atoms with van der Waals surface area (Å²) in [4.78, 5) is 16.4. The van der Waals surface area contributed by atoms with Crippen LogP contribution in [0.15, 0.2) is 4.52 Å². The summed E-state index contributed by atoms with van der Waals surface area (Å²) < 4.78 is 11.5. The van der Waals surface area contributed by atoms with Gasteiger partial charge in [0.1, 0.15) is 5.76 Å². The number of carbonyl (C=O) groups excluding carboxylic acids is 1. The minimum absolute atomic E-state index is 0.0223. The number of aryl methyl sites for hydroxylation is 2. The first kappa shape index (κ1) is 17.8. The number of likely N-dealkylation sites (tertiary alicyclic amines) is 2. The van der Waals surface area contributed by atoms with Crippen molar-refractivity contribution >= 4 is 6.03 Å². The van der Waals surface area contributed by atoms with Crippen LogP contribution in [0.3, 0.4) is 0 Å². The summed E-state index contributed by atoms with van der Waals surface area (Å²) in [6.45, 7) is 10.1. The van der Waals surface area contributed by atoms with Gasteiger partial charge in [0.25, 0.3) is 0 Å². The first-order chi connectivity index (χ1) is 12.5. The largest absolute Gasteiger partial charge is 0.372 e. The number of ether oxygens (including phenoxy) is 1. The molecule has 4 rings (SSSR count). The Balaban J connectivity index is 1.18.